The lowest BCUT2D eigenvalue weighted by atomic mass is 9.85. The number of fused-ring (bicyclic) bond motifs is 5. The third-order valence-corrected chi connectivity index (χ3v) is 9.84. The number of para-hydroxylation sites is 1. The Morgan fingerprint density at radius 1 is 1.00 bits per heavy atom. The molecule has 3 aromatic rings. The zero-order valence-corrected chi connectivity index (χ0v) is 28.9. The van der Waals surface area contributed by atoms with Gasteiger partial charge in [-0.15, -0.1) is 0 Å². The van der Waals surface area contributed by atoms with E-state index in [-0.39, 0.29) is 25.0 Å². The number of hydrogen-bond donors (Lipinski definition) is 1. The van der Waals surface area contributed by atoms with E-state index in [1.807, 2.05) is 75.4 Å². The molecule has 10 heteroatoms. The molecule has 3 aliphatic rings. The average Bonchev–Trinajstić information content (AvgIpc) is 3.72. The first-order valence-corrected chi connectivity index (χ1v) is 17.4. The van der Waals surface area contributed by atoms with Gasteiger partial charge in [0, 0.05) is 11.8 Å². The van der Waals surface area contributed by atoms with Crippen molar-refractivity contribution in [3.63, 3.8) is 0 Å². The fourth-order valence-corrected chi connectivity index (χ4v) is 7.24. The number of alkyl carbamates (subject to hydrolysis) is 1. The third-order valence-electron chi connectivity index (χ3n) is 9.84. The van der Waals surface area contributed by atoms with Crippen LogP contribution >= 0.6 is 0 Å². The summed E-state index contributed by atoms with van der Waals surface area (Å²) in [5.74, 6) is 0.388. The second-order valence-electron chi connectivity index (χ2n) is 14.4. The molecule has 2 amide bonds. The number of allylic oxidation sites excluding steroid dienone is 2. The first kappa shape index (κ1) is 34.3. The maximum Gasteiger partial charge on any atom is 0.408 e. The molecule has 0 spiro atoms. The number of pyridine rings is 1. The molecule has 49 heavy (non-hydrogen) atoms. The van der Waals surface area contributed by atoms with Gasteiger partial charge in [-0.2, -0.15) is 0 Å². The Balaban J connectivity index is 1.41. The van der Waals surface area contributed by atoms with Gasteiger partial charge >= 0.3 is 12.1 Å². The van der Waals surface area contributed by atoms with Crippen LogP contribution in [0.2, 0.25) is 0 Å². The van der Waals surface area contributed by atoms with Crippen molar-refractivity contribution in [1.29, 1.82) is 0 Å². The molecule has 1 aromatic heterocycles. The molecule has 2 bridgehead atoms. The Labute approximate surface area is 288 Å². The predicted molar refractivity (Wildman–Crippen MR) is 185 cm³/mol. The molecule has 2 aliphatic heterocycles. The number of methoxy groups -OCH3 is 1. The molecule has 0 unspecified atom stereocenters. The molecule has 2 fully saturated rings. The van der Waals surface area contributed by atoms with Gasteiger partial charge in [0.1, 0.15) is 36.6 Å². The summed E-state index contributed by atoms with van der Waals surface area (Å²) in [7, 11) is 1.31. The van der Waals surface area contributed by atoms with E-state index in [2.05, 4.69) is 17.5 Å². The minimum atomic E-state index is -0.945. The van der Waals surface area contributed by atoms with Crippen molar-refractivity contribution in [1.82, 2.24) is 15.2 Å². The van der Waals surface area contributed by atoms with Crippen LogP contribution in [0.5, 0.6) is 11.6 Å². The second-order valence-corrected chi connectivity index (χ2v) is 14.4. The smallest absolute Gasteiger partial charge is 0.408 e. The fourth-order valence-electron chi connectivity index (χ4n) is 7.24. The minimum absolute atomic E-state index is 0.108. The number of ether oxygens (including phenoxy) is 4. The van der Waals surface area contributed by atoms with E-state index < -0.39 is 41.6 Å². The zero-order chi connectivity index (χ0) is 34.5. The van der Waals surface area contributed by atoms with Crippen molar-refractivity contribution in [2.75, 3.05) is 13.7 Å². The molecule has 3 heterocycles. The Kier molecular flexibility index (Phi) is 10.4. The van der Waals surface area contributed by atoms with E-state index in [9.17, 15) is 14.4 Å². The number of benzene rings is 2. The normalized spacial score (nSPS) is 25.6. The molecule has 260 valence electrons. The van der Waals surface area contributed by atoms with Crippen molar-refractivity contribution in [3.05, 3.63) is 77.9 Å². The lowest BCUT2D eigenvalue weighted by Crippen LogP contribution is -2.57. The van der Waals surface area contributed by atoms with Crippen LogP contribution in [0.1, 0.15) is 70.4 Å². The number of amides is 2. The molecule has 5 atom stereocenters. The topological polar surface area (TPSA) is 116 Å². The molecule has 2 aromatic carbocycles. The molecular weight excluding hydrogens is 622 g/mol. The Morgan fingerprint density at radius 3 is 2.55 bits per heavy atom. The van der Waals surface area contributed by atoms with Gasteiger partial charge in [0.2, 0.25) is 11.8 Å². The molecule has 6 rings (SSSR count). The first-order valence-electron chi connectivity index (χ1n) is 17.4. The van der Waals surface area contributed by atoms with Crippen molar-refractivity contribution in [3.8, 4) is 11.6 Å². The number of rotatable bonds is 4. The molecule has 1 saturated heterocycles. The Morgan fingerprint density at radius 2 is 1.78 bits per heavy atom. The van der Waals surface area contributed by atoms with Gasteiger partial charge in [0.25, 0.3) is 0 Å². The highest BCUT2D eigenvalue weighted by atomic mass is 16.6. The van der Waals surface area contributed by atoms with Crippen LogP contribution in [0.4, 0.5) is 4.79 Å². The van der Waals surface area contributed by atoms with Crippen molar-refractivity contribution >= 4 is 28.9 Å². The van der Waals surface area contributed by atoms with Gasteiger partial charge in [-0.25, -0.2) is 14.6 Å². The lowest BCUT2D eigenvalue weighted by molar-refractivity contribution is -0.152. The van der Waals surface area contributed by atoms with Crippen LogP contribution in [0, 0.1) is 11.3 Å². The lowest BCUT2D eigenvalue weighted by Gasteiger charge is -2.35. The fraction of sp³-hybridized carbons (Fsp3) is 0.487. The molecule has 1 N–H and O–H groups in total. The standard InChI is InChI=1S/C39H47N3O7/c1-39(2,3)34-36(43)42-23-27(22-31(42)37(44)46-4)48-35-29(19-10-6-9-16-26-17-13-21-32(26)49-38(45)41-34)33(28-18-11-12-20-30(28)40-35)47-24-25-14-7-5-8-15-25/h5-8,10-12,14-15,18,20,26-27,31-32,34H,9,13,16-17,19,21-24H2,1-4H3,(H,41,45)/b10-6+/t26-,27-,31+,32-,34-/m1/s1. The van der Waals surface area contributed by atoms with Gasteiger partial charge in [-0.05, 0) is 67.6 Å². The van der Waals surface area contributed by atoms with E-state index in [4.69, 9.17) is 23.9 Å². The summed E-state index contributed by atoms with van der Waals surface area (Å²) in [6.45, 7) is 6.12. The quantitative estimate of drug-likeness (QED) is 0.246. The summed E-state index contributed by atoms with van der Waals surface area (Å²) in [5.41, 5.74) is 1.88. The number of carbonyl (C=O) groups is 3. The number of esters is 1. The number of nitrogens with one attached hydrogen (secondary N) is 1. The van der Waals surface area contributed by atoms with E-state index in [1.54, 1.807) is 0 Å². The highest BCUT2D eigenvalue weighted by Gasteiger charge is 2.47. The van der Waals surface area contributed by atoms with Gasteiger partial charge in [-0.3, -0.25) is 4.79 Å². The molecule has 1 saturated carbocycles. The monoisotopic (exact) mass is 669 g/mol. The number of carbonyl (C=O) groups excluding carboxylic acids is 3. The Hall–Kier alpha value is -4.60. The van der Waals surface area contributed by atoms with Crippen LogP contribution in [-0.2, 0) is 32.1 Å². The summed E-state index contributed by atoms with van der Waals surface area (Å²) in [6, 6.07) is 16.0. The summed E-state index contributed by atoms with van der Waals surface area (Å²) in [6.07, 6.45) is 8.04. The van der Waals surface area contributed by atoms with Gasteiger partial charge in [0.05, 0.1) is 24.7 Å². The van der Waals surface area contributed by atoms with E-state index in [1.165, 1.54) is 12.0 Å². The number of aromatic nitrogens is 1. The van der Waals surface area contributed by atoms with Crippen LogP contribution < -0.4 is 14.8 Å². The number of hydrogen-bond acceptors (Lipinski definition) is 8. The molecule has 1 aliphatic carbocycles. The summed E-state index contributed by atoms with van der Waals surface area (Å²) >= 11 is 0. The van der Waals surface area contributed by atoms with Gasteiger partial charge in [-0.1, -0.05) is 75.4 Å². The van der Waals surface area contributed by atoms with E-state index in [0.29, 0.717) is 30.2 Å². The highest BCUT2D eigenvalue weighted by molar-refractivity contribution is 5.91. The summed E-state index contributed by atoms with van der Waals surface area (Å²) < 4.78 is 24.3. The second kappa shape index (κ2) is 14.9. The maximum absolute atomic E-state index is 14.3. The molecule has 0 radical (unpaired) electrons. The summed E-state index contributed by atoms with van der Waals surface area (Å²) in [5, 5.41) is 3.74. The Bertz CT molecular complexity index is 1690. The van der Waals surface area contributed by atoms with Gasteiger partial charge in [0.15, 0.2) is 0 Å². The third kappa shape index (κ3) is 7.84. The van der Waals surface area contributed by atoms with Crippen LogP contribution in [0.3, 0.4) is 0 Å². The average molecular weight is 670 g/mol. The summed E-state index contributed by atoms with van der Waals surface area (Å²) in [4.78, 5) is 47.1. The van der Waals surface area contributed by atoms with Crippen molar-refractivity contribution in [2.45, 2.75) is 96.6 Å². The zero-order valence-electron chi connectivity index (χ0n) is 28.9. The highest BCUT2D eigenvalue weighted by Crippen LogP contribution is 2.38. The van der Waals surface area contributed by atoms with E-state index in [0.717, 1.165) is 48.6 Å². The van der Waals surface area contributed by atoms with E-state index >= 15 is 0 Å². The van der Waals surface area contributed by atoms with Crippen LogP contribution in [-0.4, -0.2) is 65.8 Å². The largest absolute Gasteiger partial charge is 0.488 e. The first-order chi connectivity index (χ1) is 23.6. The van der Waals surface area contributed by atoms with Crippen LogP contribution in [0.25, 0.3) is 10.9 Å². The number of nitrogens with zero attached hydrogens (tertiary/aromatic N) is 2. The SMILES string of the molecule is COC(=O)[C@@H]1C[C@@H]2CN1C(=O)[C@H](C(C)(C)C)NC(=O)O[C@@H]1CCC[C@H]1CC/C=C/Cc1c(nc3ccccc3c1OCc1ccccc1)O2. The van der Waals surface area contributed by atoms with Crippen LogP contribution in [0.15, 0.2) is 66.7 Å². The van der Waals surface area contributed by atoms with Gasteiger partial charge < -0.3 is 29.2 Å². The predicted octanol–water partition coefficient (Wildman–Crippen LogP) is 6.54. The molecule has 10 nitrogen and oxygen atoms in total. The molecular formula is C39H47N3O7. The maximum atomic E-state index is 14.3. The van der Waals surface area contributed by atoms with Crippen molar-refractivity contribution < 1.29 is 33.3 Å². The van der Waals surface area contributed by atoms with Crippen molar-refractivity contribution in [2.24, 2.45) is 11.3 Å². The minimum Gasteiger partial charge on any atom is -0.488 e.